The third-order valence-corrected chi connectivity index (χ3v) is 3.95. The Labute approximate surface area is 89.0 Å². The van der Waals surface area contributed by atoms with E-state index in [4.69, 9.17) is 0 Å². The molecule has 0 radical (unpaired) electrons. The van der Waals surface area contributed by atoms with Gasteiger partial charge in [0.25, 0.3) is 0 Å². The van der Waals surface area contributed by atoms with Crippen molar-refractivity contribution in [3.63, 3.8) is 0 Å². The summed E-state index contributed by atoms with van der Waals surface area (Å²) < 4.78 is 0. The van der Waals surface area contributed by atoms with Crippen LogP contribution in [-0.2, 0) is 9.59 Å². The van der Waals surface area contributed by atoms with Crippen LogP contribution < -0.4 is 5.32 Å². The Morgan fingerprint density at radius 1 is 1.07 bits per heavy atom. The molecule has 2 rings (SSSR count). The number of carbonyl (C=O) groups is 2. The SMILES string of the molecule is CC(=O)NC1(C(=O)O)CCC2(CC2)CC1. The van der Waals surface area contributed by atoms with Gasteiger partial charge in [0.2, 0.25) is 5.91 Å². The van der Waals surface area contributed by atoms with Gasteiger partial charge in [0.1, 0.15) is 5.54 Å². The van der Waals surface area contributed by atoms with Crippen LogP contribution in [0.25, 0.3) is 0 Å². The number of nitrogens with one attached hydrogen (secondary N) is 1. The summed E-state index contributed by atoms with van der Waals surface area (Å²) in [6.07, 6.45) is 5.54. The average Bonchev–Trinajstić information content (AvgIpc) is 2.89. The smallest absolute Gasteiger partial charge is 0.329 e. The second-order valence-electron chi connectivity index (χ2n) is 5.07. The number of aliphatic carboxylic acids is 1. The minimum Gasteiger partial charge on any atom is -0.480 e. The molecule has 0 aliphatic heterocycles. The molecule has 84 valence electrons. The first-order valence-corrected chi connectivity index (χ1v) is 5.50. The summed E-state index contributed by atoms with van der Waals surface area (Å²) in [5, 5.41) is 11.8. The Hall–Kier alpha value is -1.06. The molecule has 0 bridgehead atoms. The van der Waals surface area contributed by atoms with E-state index in [0.29, 0.717) is 18.3 Å². The van der Waals surface area contributed by atoms with Crippen LogP contribution in [0.2, 0.25) is 0 Å². The van der Waals surface area contributed by atoms with E-state index in [2.05, 4.69) is 5.32 Å². The monoisotopic (exact) mass is 211 g/mol. The maximum absolute atomic E-state index is 11.2. The molecule has 15 heavy (non-hydrogen) atoms. The highest BCUT2D eigenvalue weighted by Crippen LogP contribution is 2.57. The summed E-state index contributed by atoms with van der Waals surface area (Å²) in [6, 6.07) is 0. The predicted molar refractivity (Wildman–Crippen MR) is 54.3 cm³/mol. The maximum atomic E-state index is 11.2. The molecular formula is C11H17NO3. The van der Waals surface area contributed by atoms with E-state index in [9.17, 15) is 14.7 Å². The molecule has 1 spiro atoms. The molecule has 0 heterocycles. The van der Waals surface area contributed by atoms with E-state index >= 15 is 0 Å². The van der Waals surface area contributed by atoms with Crippen LogP contribution in [0.5, 0.6) is 0 Å². The summed E-state index contributed by atoms with van der Waals surface area (Å²) >= 11 is 0. The van der Waals surface area contributed by atoms with Crippen LogP contribution >= 0.6 is 0 Å². The normalized spacial score (nSPS) is 25.9. The fourth-order valence-corrected chi connectivity index (χ4v) is 2.61. The van der Waals surface area contributed by atoms with Gasteiger partial charge in [0.05, 0.1) is 0 Å². The Balaban J connectivity index is 2.07. The van der Waals surface area contributed by atoms with Gasteiger partial charge in [-0.15, -0.1) is 0 Å². The second kappa shape index (κ2) is 3.22. The van der Waals surface area contributed by atoms with E-state index < -0.39 is 11.5 Å². The first kappa shape index (κ1) is 10.5. The van der Waals surface area contributed by atoms with Crippen molar-refractivity contribution >= 4 is 11.9 Å². The molecule has 2 fully saturated rings. The highest BCUT2D eigenvalue weighted by Gasteiger charge is 2.52. The molecule has 0 aromatic rings. The highest BCUT2D eigenvalue weighted by atomic mass is 16.4. The molecule has 1 amide bonds. The van der Waals surface area contributed by atoms with Crippen LogP contribution in [-0.4, -0.2) is 22.5 Å². The van der Waals surface area contributed by atoms with Gasteiger partial charge in [-0.25, -0.2) is 4.79 Å². The largest absolute Gasteiger partial charge is 0.480 e. The minimum absolute atomic E-state index is 0.246. The lowest BCUT2D eigenvalue weighted by molar-refractivity contribution is -0.149. The Morgan fingerprint density at radius 3 is 1.87 bits per heavy atom. The van der Waals surface area contributed by atoms with Crippen LogP contribution in [0, 0.1) is 5.41 Å². The van der Waals surface area contributed by atoms with Crippen molar-refractivity contribution in [2.24, 2.45) is 5.41 Å². The van der Waals surface area contributed by atoms with Gasteiger partial charge >= 0.3 is 5.97 Å². The van der Waals surface area contributed by atoms with Gasteiger partial charge < -0.3 is 10.4 Å². The molecule has 2 saturated carbocycles. The van der Waals surface area contributed by atoms with Gasteiger partial charge in [0.15, 0.2) is 0 Å². The summed E-state index contributed by atoms with van der Waals surface area (Å²) in [4.78, 5) is 22.3. The first-order chi connectivity index (χ1) is 6.98. The topological polar surface area (TPSA) is 66.4 Å². The molecule has 0 saturated heterocycles. The van der Waals surface area contributed by atoms with E-state index in [1.54, 1.807) is 0 Å². The lowest BCUT2D eigenvalue weighted by Crippen LogP contribution is -2.56. The third kappa shape index (κ3) is 1.85. The van der Waals surface area contributed by atoms with E-state index in [0.717, 1.165) is 12.8 Å². The lowest BCUT2D eigenvalue weighted by atomic mass is 9.74. The van der Waals surface area contributed by atoms with Crippen LogP contribution in [0.1, 0.15) is 45.4 Å². The lowest BCUT2D eigenvalue weighted by Gasteiger charge is -2.37. The van der Waals surface area contributed by atoms with Gasteiger partial charge in [-0.05, 0) is 43.9 Å². The second-order valence-corrected chi connectivity index (χ2v) is 5.07. The average molecular weight is 211 g/mol. The molecule has 0 aromatic heterocycles. The van der Waals surface area contributed by atoms with Crippen molar-refractivity contribution in [3.05, 3.63) is 0 Å². The van der Waals surface area contributed by atoms with Crippen molar-refractivity contribution in [2.75, 3.05) is 0 Å². The van der Waals surface area contributed by atoms with Crippen molar-refractivity contribution in [1.82, 2.24) is 5.32 Å². The number of carboxylic acids is 1. The number of amides is 1. The molecule has 0 atom stereocenters. The third-order valence-electron chi connectivity index (χ3n) is 3.95. The summed E-state index contributed by atoms with van der Waals surface area (Å²) in [5.74, 6) is -1.13. The zero-order valence-corrected chi connectivity index (χ0v) is 9.01. The molecule has 0 aromatic carbocycles. The van der Waals surface area contributed by atoms with Gasteiger partial charge in [-0.2, -0.15) is 0 Å². The highest BCUT2D eigenvalue weighted by molar-refractivity contribution is 5.86. The molecule has 4 heteroatoms. The van der Waals surface area contributed by atoms with E-state index in [-0.39, 0.29) is 5.91 Å². The van der Waals surface area contributed by atoms with Gasteiger partial charge in [0, 0.05) is 6.92 Å². The van der Waals surface area contributed by atoms with Crippen molar-refractivity contribution in [1.29, 1.82) is 0 Å². The molecule has 4 nitrogen and oxygen atoms in total. The number of rotatable bonds is 2. The van der Waals surface area contributed by atoms with Crippen molar-refractivity contribution in [2.45, 2.75) is 51.0 Å². The van der Waals surface area contributed by atoms with E-state index in [1.165, 1.54) is 19.8 Å². The molecule has 2 N–H and O–H groups in total. The fourth-order valence-electron chi connectivity index (χ4n) is 2.61. The zero-order chi connectivity index (χ0) is 11.1. The minimum atomic E-state index is -0.986. The van der Waals surface area contributed by atoms with Crippen molar-refractivity contribution in [3.8, 4) is 0 Å². The quantitative estimate of drug-likeness (QED) is 0.723. The standard InChI is InChI=1S/C11H17NO3/c1-8(13)12-11(9(14)15)6-4-10(2-3-10)5-7-11/h2-7H2,1H3,(H,12,13)(H,14,15). The molecular weight excluding hydrogens is 194 g/mol. The zero-order valence-electron chi connectivity index (χ0n) is 9.01. The molecule has 2 aliphatic carbocycles. The maximum Gasteiger partial charge on any atom is 0.329 e. The molecule has 2 aliphatic rings. The molecule has 0 unspecified atom stereocenters. The summed E-state index contributed by atoms with van der Waals surface area (Å²) in [6.45, 7) is 1.38. The van der Waals surface area contributed by atoms with Crippen LogP contribution in [0.3, 0.4) is 0 Å². The van der Waals surface area contributed by atoms with Crippen molar-refractivity contribution < 1.29 is 14.7 Å². The predicted octanol–water partition coefficient (Wildman–Crippen LogP) is 1.30. The number of hydrogen-bond donors (Lipinski definition) is 2. The Bertz CT molecular complexity index is 297. The summed E-state index contributed by atoms with van der Waals surface area (Å²) in [7, 11) is 0. The number of carbonyl (C=O) groups excluding carboxylic acids is 1. The van der Waals surface area contributed by atoms with Crippen LogP contribution in [0.15, 0.2) is 0 Å². The van der Waals surface area contributed by atoms with Gasteiger partial charge in [-0.1, -0.05) is 0 Å². The van der Waals surface area contributed by atoms with Crippen LogP contribution in [0.4, 0.5) is 0 Å². The fraction of sp³-hybridized carbons (Fsp3) is 0.818. The van der Waals surface area contributed by atoms with E-state index in [1.807, 2.05) is 0 Å². The number of carboxylic acid groups (broad SMARTS) is 1. The number of hydrogen-bond acceptors (Lipinski definition) is 2. The Morgan fingerprint density at radius 2 is 1.53 bits per heavy atom. The first-order valence-electron chi connectivity index (χ1n) is 5.50. The van der Waals surface area contributed by atoms with Gasteiger partial charge in [-0.3, -0.25) is 4.79 Å². The Kier molecular flexibility index (Phi) is 2.24. The summed E-state index contributed by atoms with van der Waals surface area (Å²) in [5.41, 5.74) is -0.545.